The zero-order valence-electron chi connectivity index (χ0n) is 15.7. The number of amides is 3. The number of hydrogen-bond acceptors (Lipinski definition) is 8. The number of anilines is 1. The van der Waals surface area contributed by atoms with E-state index in [4.69, 9.17) is 5.11 Å². The average Bonchev–Trinajstić information content (AvgIpc) is 2.93. The molecule has 1 aliphatic heterocycles. The van der Waals surface area contributed by atoms with Gasteiger partial charge in [-0.15, -0.1) is 0 Å². The van der Waals surface area contributed by atoms with Gasteiger partial charge in [0.05, 0.1) is 28.6 Å². The van der Waals surface area contributed by atoms with Gasteiger partial charge < -0.3 is 20.6 Å². The second-order valence-corrected chi connectivity index (χ2v) is 8.96. The fourth-order valence-electron chi connectivity index (χ4n) is 3.23. The summed E-state index contributed by atoms with van der Waals surface area (Å²) in [4.78, 5) is 38.4. The number of phenols is 2. The topological polar surface area (TPSA) is 161 Å². The van der Waals surface area contributed by atoms with Gasteiger partial charge in [-0.3, -0.25) is 19.3 Å². The highest BCUT2D eigenvalue weighted by atomic mass is 32.2. The number of sulfone groups is 1. The van der Waals surface area contributed by atoms with Crippen LogP contribution in [0.5, 0.6) is 11.5 Å². The fraction of sp³-hybridized carbons (Fsp3) is 0.211. The minimum Gasteiger partial charge on any atom is -0.504 e. The molecule has 0 radical (unpaired) electrons. The molecule has 3 rings (SSSR count). The van der Waals surface area contributed by atoms with Crippen molar-refractivity contribution in [3.05, 3.63) is 53.1 Å². The summed E-state index contributed by atoms with van der Waals surface area (Å²) in [5, 5.41) is 30.6. The molecule has 0 saturated carbocycles. The third-order valence-electron chi connectivity index (χ3n) is 4.52. The van der Waals surface area contributed by atoms with E-state index in [9.17, 15) is 33.0 Å². The highest BCUT2D eigenvalue weighted by molar-refractivity contribution is 7.90. The number of hydrogen-bond donors (Lipinski definition) is 4. The van der Waals surface area contributed by atoms with E-state index in [1.54, 1.807) is 0 Å². The number of carbonyl (C=O) groups excluding carboxylic acids is 3. The quantitative estimate of drug-likeness (QED) is 0.375. The van der Waals surface area contributed by atoms with Crippen LogP contribution >= 0.6 is 0 Å². The Kier molecular flexibility index (Phi) is 5.51. The zero-order chi connectivity index (χ0) is 22.2. The van der Waals surface area contributed by atoms with Crippen molar-refractivity contribution in [3.63, 3.8) is 0 Å². The second-order valence-electron chi connectivity index (χ2n) is 6.77. The van der Waals surface area contributed by atoms with Gasteiger partial charge in [0.15, 0.2) is 11.5 Å². The van der Waals surface area contributed by atoms with Crippen molar-refractivity contribution in [3.8, 4) is 11.5 Å². The fourth-order valence-corrected chi connectivity index (χ4v) is 4.15. The molecule has 30 heavy (non-hydrogen) atoms. The first-order valence-corrected chi connectivity index (χ1v) is 10.7. The predicted octanol–water partition coefficient (Wildman–Crippen LogP) is 0.410. The van der Waals surface area contributed by atoms with Crippen LogP contribution in [0.25, 0.3) is 0 Å². The van der Waals surface area contributed by atoms with Crippen molar-refractivity contribution in [1.82, 2.24) is 4.90 Å². The maximum atomic E-state index is 13.1. The predicted molar refractivity (Wildman–Crippen MR) is 105 cm³/mol. The molecule has 1 atom stereocenters. The lowest BCUT2D eigenvalue weighted by molar-refractivity contribution is -0.118. The summed E-state index contributed by atoms with van der Waals surface area (Å²) >= 11 is 0. The van der Waals surface area contributed by atoms with Gasteiger partial charge >= 0.3 is 0 Å². The number of nitrogens with zero attached hydrogens (tertiary/aromatic N) is 1. The summed E-state index contributed by atoms with van der Waals surface area (Å²) in [5.41, 5.74) is -0.0618. The van der Waals surface area contributed by atoms with Crippen LogP contribution in [0, 0.1) is 0 Å². The third kappa shape index (κ3) is 3.98. The number of aromatic hydroxyl groups is 2. The number of aliphatic hydroxyl groups excluding tert-OH is 1. The van der Waals surface area contributed by atoms with Crippen LogP contribution in [-0.4, -0.2) is 65.0 Å². The van der Waals surface area contributed by atoms with Crippen molar-refractivity contribution in [1.29, 1.82) is 0 Å². The molecule has 1 aliphatic rings. The maximum absolute atomic E-state index is 13.1. The maximum Gasteiger partial charge on any atom is 0.264 e. The van der Waals surface area contributed by atoms with E-state index >= 15 is 0 Å². The molecule has 4 N–H and O–H groups in total. The molecule has 0 spiro atoms. The Labute approximate surface area is 171 Å². The van der Waals surface area contributed by atoms with E-state index in [1.165, 1.54) is 24.3 Å². The van der Waals surface area contributed by atoms with Crippen molar-refractivity contribution < 1.29 is 38.1 Å². The van der Waals surface area contributed by atoms with Gasteiger partial charge in [0.2, 0.25) is 5.91 Å². The molecular weight excluding hydrogens is 416 g/mol. The highest BCUT2D eigenvalue weighted by Crippen LogP contribution is 2.37. The Bertz CT molecular complexity index is 1160. The number of aliphatic hydroxyl groups is 1. The van der Waals surface area contributed by atoms with Crippen LogP contribution in [0.4, 0.5) is 5.69 Å². The van der Waals surface area contributed by atoms with E-state index in [2.05, 4.69) is 5.32 Å². The SMILES string of the molecule is CS(=O)(=O)CC(c1ccc(O)c(O)c1)N1C(=O)c2cccc(NC(=O)CO)c2C1=O. The number of rotatable bonds is 6. The third-order valence-corrected chi connectivity index (χ3v) is 5.44. The van der Waals surface area contributed by atoms with Crippen LogP contribution in [0.3, 0.4) is 0 Å². The molecule has 2 aromatic rings. The summed E-state index contributed by atoms with van der Waals surface area (Å²) in [6, 6.07) is 6.35. The van der Waals surface area contributed by atoms with Crippen LogP contribution < -0.4 is 5.32 Å². The van der Waals surface area contributed by atoms with E-state index in [1.807, 2.05) is 0 Å². The van der Waals surface area contributed by atoms with E-state index < -0.39 is 57.5 Å². The van der Waals surface area contributed by atoms with Crippen LogP contribution in [0.1, 0.15) is 32.3 Å². The number of nitrogens with one attached hydrogen (secondary N) is 1. The summed E-state index contributed by atoms with van der Waals surface area (Å²) in [5.74, 6) is -4.03. The monoisotopic (exact) mass is 434 g/mol. The largest absolute Gasteiger partial charge is 0.504 e. The molecular formula is C19H18N2O8S. The van der Waals surface area contributed by atoms with E-state index in [0.29, 0.717) is 0 Å². The lowest BCUT2D eigenvalue weighted by Gasteiger charge is -2.26. The molecule has 0 aliphatic carbocycles. The van der Waals surface area contributed by atoms with Crippen LogP contribution in [-0.2, 0) is 14.6 Å². The van der Waals surface area contributed by atoms with Gasteiger partial charge in [0, 0.05) is 6.26 Å². The molecule has 158 valence electrons. The Morgan fingerprint density at radius 1 is 1.10 bits per heavy atom. The summed E-state index contributed by atoms with van der Waals surface area (Å²) in [6.07, 6.45) is 0.936. The zero-order valence-corrected chi connectivity index (χ0v) is 16.5. The Morgan fingerprint density at radius 2 is 1.80 bits per heavy atom. The lowest BCUT2D eigenvalue weighted by Crippen LogP contribution is -2.37. The Morgan fingerprint density at radius 3 is 2.40 bits per heavy atom. The van der Waals surface area contributed by atoms with Gasteiger partial charge in [0.1, 0.15) is 16.4 Å². The van der Waals surface area contributed by atoms with Gasteiger partial charge in [-0.05, 0) is 29.8 Å². The number of fused-ring (bicyclic) bond motifs is 1. The van der Waals surface area contributed by atoms with Crippen molar-refractivity contribution in [2.75, 3.05) is 23.9 Å². The number of imide groups is 1. The van der Waals surface area contributed by atoms with Gasteiger partial charge in [-0.1, -0.05) is 12.1 Å². The summed E-state index contributed by atoms with van der Waals surface area (Å²) in [6.45, 7) is -0.834. The summed E-state index contributed by atoms with van der Waals surface area (Å²) < 4.78 is 24.0. The smallest absolute Gasteiger partial charge is 0.264 e. The number of benzene rings is 2. The summed E-state index contributed by atoms with van der Waals surface area (Å²) in [7, 11) is -3.69. The van der Waals surface area contributed by atoms with Gasteiger partial charge in [-0.25, -0.2) is 8.42 Å². The molecule has 0 bridgehead atoms. The molecule has 10 nitrogen and oxygen atoms in total. The Hall–Kier alpha value is -3.44. The average molecular weight is 434 g/mol. The van der Waals surface area contributed by atoms with Crippen molar-refractivity contribution in [2.45, 2.75) is 6.04 Å². The van der Waals surface area contributed by atoms with E-state index in [0.717, 1.165) is 23.3 Å². The first-order chi connectivity index (χ1) is 14.0. The lowest BCUT2D eigenvalue weighted by atomic mass is 10.1. The molecule has 1 unspecified atom stereocenters. The molecule has 0 aromatic heterocycles. The molecule has 3 amide bonds. The van der Waals surface area contributed by atoms with Crippen molar-refractivity contribution >= 4 is 33.2 Å². The molecule has 2 aromatic carbocycles. The number of phenolic OH excluding ortho intramolecular Hbond substituents is 2. The van der Waals surface area contributed by atoms with Crippen molar-refractivity contribution in [2.24, 2.45) is 0 Å². The van der Waals surface area contributed by atoms with Gasteiger partial charge in [0.25, 0.3) is 11.8 Å². The normalized spacial score (nSPS) is 14.5. The van der Waals surface area contributed by atoms with Crippen LogP contribution in [0.15, 0.2) is 36.4 Å². The van der Waals surface area contributed by atoms with E-state index in [-0.39, 0.29) is 22.4 Å². The molecule has 1 heterocycles. The molecule has 11 heteroatoms. The number of carbonyl (C=O) groups is 3. The Balaban J connectivity index is 2.11. The van der Waals surface area contributed by atoms with Gasteiger partial charge in [-0.2, -0.15) is 0 Å². The molecule has 0 fully saturated rings. The minimum atomic E-state index is -3.69. The molecule has 0 saturated heterocycles. The minimum absolute atomic E-state index is 0.000871. The van der Waals surface area contributed by atoms with Crippen LogP contribution in [0.2, 0.25) is 0 Å². The first-order valence-electron chi connectivity index (χ1n) is 8.64. The standard InChI is InChI=1S/C19H18N2O8S/c1-30(28,29)9-13(10-5-6-14(23)15(24)7-10)21-18(26)11-3-2-4-12(17(11)19(21)27)20-16(25)8-22/h2-7,13,22-24H,8-9H2,1H3,(H,20,25). The first kappa shape index (κ1) is 21.3. The second kappa shape index (κ2) is 7.76. The highest BCUT2D eigenvalue weighted by Gasteiger charge is 2.43.